The molecule has 5 heteroatoms. The quantitative estimate of drug-likeness (QED) is 0.169. The highest BCUT2D eigenvalue weighted by Gasteiger charge is 2.32. The number of unbranched alkanes of at least 4 members (excludes halogenated alkanes) is 1. The molecule has 0 unspecified atom stereocenters. The van der Waals surface area contributed by atoms with Crippen molar-refractivity contribution < 1.29 is 10.3 Å². The van der Waals surface area contributed by atoms with E-state index in [9.17, 15) is 5.11 Å². The average Bonchev–Trinajstić information content (AvgIpc) is 2.82. The van der Waals surface area contributed by atoms with Crippen LogP contribution < -0.4 is 11.1 Å². The molecule has 0 spiro atoms. The van der Waals surface area contributed by atoms with Crippen LogP contribution >= 0.6 is 0 Å². The standard InChI is InChI=1S/C12H25N3O2/c13-11(15-17)5-1-4-8-14-9-12(10-16)6-2-3-7-12/h14,16-17H,1-10H2,(H2,13,15). The van der Waals surface area contributed by atoms with E-state index in [0.29, 0.717) is 18.9 Å². The van der Waals surface area contributed by atoms with Gasteiger partial charge in [-0.2, -0.15) is 0 Å². The fraction of sp³-hybridized carbons (Fsp3) is 0.917. The van der Waals surface area contributed by atoms with Gasteiger partial charge in [-0.15, -0.1) is 0 Å². The molecule has 0 radical (unpaired) electrons. The molecule has 0 aliphatic heterocycles. The first-order chi connectivity index (χ1) is 8.22. The van der Waals surface area contributed by atoms with E-state index < -0.39 is 0 Å². The van der Waals surface area contributed by atoms with Crippen LogP contribution in [0.5, 0.6) is 0 Å². The Morgan fingerprint density at radius 3 is 2.59 bits per heavy atom. The predicted molar refractivity (Wildman–Crippen MR) is 68.1 cm³/mol. The van der Waals surface area contributed by atoms with Crippen LogP contribution in [0.1, 0.15) is 44.9 Å². The Morgan fingerprint density at radius 2 is 2.00 bits per heavy atom. The summed E-state index contributed by atoms with van der Waals surface area (Å²) in [7, 11) is 0. The molecule has 5 nitrogen and oxygen atoms in total. The van der Waals surface area contributed by atoms with Gasteiger partial charge in [0.05, 0.1) is 0 Å². The molecular weight excluding hydrogens is 218 g/mol. The zero-order valence-corrected chi connectivity index (χ0v) is 10.5. The monoisotopic (exact) mass is 243 g/mol. The van der Waals surface area contributed by atoms with E-state index in [0.717, 1.165) is 38.8 Å². The van der Waals surface area contributed by atoms with Crippen molar-refractivity contribution in [3.63, 3.8) is 0 Å². The first kappa shape index (κ1) is 14.3. The van der Waals surface area contributed by atoms with Gasteiger partial charge in [0.25, 0.3) is 0 Å². The summed E-state index contributed by atoms with van der Waals surface area (Å²) in [6.07, 6.45) is 7.34. The zero-order chi connectivity index (χ0) is 12.6. The molecule has 0 bridgehead atoms. The third kappa shape index (κ3) is 4.91. The first-order valence-corrected chi connectivity index (χ1v) is 6.50. The Kier molecular flexibility index (Phi) is 6.29. The van der Waals surface area contributed by atoms with Gasteiger partial charge in [-0.25, -0.2) is 0 Å². The zero-order valence-electron chi connectivity index (χ0n) is 10.5. The molecule has 1 saturated carbocycles. The van der Waals surface area contributed by atoms with Crippen LogP contribution in [0, 0.1) is 5.41 Å². The Bertz CT molecular complexity index is 238. The summed E-state index contributed by atoms with van der Waals surface area (Å²) >= 11 is 0. The molecule has 0 aromatic heterocycles. The van der Waals surface area contributed by atoms with E-state index in [1.54, 1.807) is 0 Å². The smallest absolute Gasteiger partial charge is 0.139 e. The topological polar surface area (TPSA) is 90.9 Å². The van der Waals surface area contributed by atoms with Crippen LogP contribution in [-0.2, 0) is 0 Å². The maximum absolute atomic E-state index is 9.42. The van der Waals surface area contributed by atoms with Gasteiger partial charge in [-0.1, -0.05) is 18.0 Å². The Balaban J connectivity index is 2.03. The van der Waals surface area contributed by atoms with Gasteiger partial charge in [0.2, 0.25) is 0 Å². The molecule has 0 amide bonds. The SMILES string of the molecule is NC(CCCCNCC1(CO)CCCC1)=NO. The summed E-state index contributed by atoms with van der Waals surface area (Å²) in [4.78, 5) is 0. The molecule has 0 atom stereocenters. The van der Waals surface area contributed by atoms with Crippen molar-refractivity contribution in [3.8, 4) is 0 Å². The number of amidine groups is 1. The van der Waals surface area contributed by atoms with Gasteiger partial charge in [-0.3, -0.25) is 0 Å². The minimum absolute atomic E-state index is 0.131. The van der Waals surface area contributed by atoms with Gasteiger partial charge >= 0.3 is 0 Å². The Morgan fingerprint density at radius 1 is 1.29 bits per heavy atom. The highest BCUT2D eigenvalue weighted by atomic mass is 16.4. The Hall–Kier alpha value is -0.810. The average molecular weight is 243 g/mol. The molecular formula is C12H25N3O2. The van der Waals surface area contributed by atoms with E-state index in [4.69, 9.17) is 10.9 Å². The number of aliphatic hydroxyl groups excluding tert-OH is 1. The maximum Gasteiger partial charge on any atom is 0.139 e. The van der Waals surface area contributed by atoms with Crippen molar-refractivity contribution >= 4 is 5.84 Å². The molecule has 5 N–H and O–H groups in total. The molecule has 0 saturated heterocycles. The number of hydrogen-bond acceptors (Lipinski definition) is 4. The highest BCUT2D eigenvalue weighted by Crippen LogP contribution is 2.36. The van der Waals surface area contributed by atoms with Gasteiger partial charge in [0, 0.05) is 25.0 Å². The molecule has 100 valence electrons. The lowest BCUT2D eigenvalue weighted by Crippen LogP contribution is -2.35. The number of nitrogens with zero attached hydrogens (tertiary/aromatic N) is 1. The van der Waals surface area contributed by atoms with Crippen LogP contribution in [0.2, 0.25) is 0 Å². The van der Waals surface area contributed by atoms with E-state index in [1.165, 1.54) is 12.8 Å². The summed E-state index contributed by atoms with van der Waals surface area (Å²) in [5.74, 6) is 0.299. The van der Waals surface area contributed by atoms with E-state index in [2.05, 4.69) is 10.5 Å². The predicted octanol–water partition coefficient (Wildman–Crippen LogP) is 1.05. The van der Waals surface area contributed by atoms with Crippen LogP contribution in [0.25, 0.3) is 0 Å². The largest absolute Gasteiger partial charge is 0.409 e. The maximum atomic E-state index is 9.42. The van der Waals surface area contributed by atoms with E-state index in [1.807, 2.05) is 0 Å². The minimum atomic E-state index is 0.131. The number of aliphatic hydroxyl groups is 1. The van der Waals surface area contributed by atoms with Crippen LogP contribution in [0.4, 0.5) is 0 Å². The lowest BCUT2D eigenvalue weighted by Gasteiger charge is -2.26. The van der Waals surface area contributed by atoms with Gasteiger partial charge in [0.15, 0.2) is 0 Å². The van der Waals surface area contributed by atoms with Crippen molar-refractivity contribution in [2.75, 3.05) is 19.7 Å². The third-order valence-electron chi connectivity index (χ3n) is 3.66. The second-order valence-electron chi connectivity index (χ2n) is 5.09. The summed E-state index contributed by atoms with van der Waals surface area (Å²) in [5.41, 5.74) is 5.51. The van der Waals surface area contributed by atoms with Gasteiger partial charge < -0.3 is 21.4 Å². The van der Waals surface area contributed by atoms with Crippen molar-refractivity contribution in [3.05, 3.63) is 0 Å². The van der Waals surface area contributed by atoms with Gasteiger partial charge in [0.1, 0.15) is 5.84 Å². The lowest BCUT2D eigenvalue weighted by molar-refractivity contribution is 0.128. The summed E-state index contributed by atoms with van der Waals surface area (Å²) in [6, 6.07) is 0. The second-order valence-corrected chi connectivity index (χ2v) is 5.09. The van der Waals surface area contributed by atoms with Crippen LogP contribution in [0.15, 0.2) is 5.16 Å². The number of hydrogen-bond donors (Lipinski definition) is 4. The molecule has 0 aromatic carbocycles. The summed E-state index contributed by atoms with van der Waals surface area (Å²) in [5, 5.41) is 24.1. The minimum Gasteiger partial charge on any atom is -0.409 e. The molecule has 1 aliphatic rings. The van der Waals surface area contributed by atoms with Crippen molar-refractivity contribution in [1.29, 1.82) is 0 Å². The van der Waals surface area contributed by atoms with Gasteiger partial charge in [-0.05, 0) is 32.2 Å². The molecule has 1 fully saturated rings. The van der Waals surface area contributed by atoms with Crippen LogP contribution in [-0.4, -0.2) is 35.8 Å². The van der Waals surface area contributed by atoms with Crippen LogP contribution in [0.3, 0.4) is 0 Å². The van der Waals surface area contributed by atoms with Crippen molar-refractivity contribution in [2.45, 2.75) is 44.9 Å². The second kappa shape index (κ2) is 7.50. The van der Waals surface area contributed by atoms with Crippen molar-refractivity contribution in [2.24, 2.45) is 16.3 Å². The molecule has 1 aliphatic carbocycles. The van der Waals surface area contributed by atoms with E-state index in [-0.39, 0.29) is 5.41 Å². The highest BCUT2D eigenvalue weighted by molar-refractivity contribution is 5.79. The fourth-order valence-corrected chi connectivity index (χ4v) is 2.48. The van der Waals surface area contributed by atoms with E-state index >= 15 is 0 Å². The summed E-state index contributed by atoms with van der Waals surface area (Å²) in [6.45, 7) is 2.14. The Labute approximate surface area is 103 Å². The van der Waals surface area contributed by atoms with Crippen molar-refractivity contribution in [1.82, 2.24) is 5.32 Å². The molecule has 1 rings (SSSR count). The normalized spacial score (nSPS) is 19.7. The number of rotatable bonds is 8. The fourth-order valence-electron chi connectivity index (χ4n) is 2.48. The number of oxime groups is 1. The number of nitrogens with one attached hydrogen (secondary N) is 1. The number of nitrogens with two attached hydrogens (primary N) is 1. The molecule has 0 aromatic rings. The lowest BCUT2D eigenvalue weighted by atomic mass is 9.87. The molecule has 17 heavy (non-hydrogen) atoms. The third-order valence-corrected chi connectivity index (χ3v) is 3.66. The first-order valence-electron chi connectivity index (χ1n) is 6.50. The molecule has 0 heterocycles. The summed E-state index contributed by atoms with van der Waals surface area (Å²) < 4.78 is 0.